The van der Waals surface area contributed by atoms with Crippen LogP contribution in [0.15, 0.2) is 6.07 Å². The second-order valence-electron chi connectivity index (χ2n) is 4.22. The minimum Gasteiger partial charge on any atom is -0.478 e. The van der Waals surface area contributed by atoms with Crippen LogP contribution in [0.25, 0.3) is 0 Å². The van der Waals surface area contributed by atoms with Crippen LogP contribution in [0, 0.1) is 5.95 Å². The maximum atomic E-state index is 13.4. The quantitative estimate of drug-likeness (QED) is 0.643. The summed E-state index contributed by atoms with van der Waals surface area (Å²) in [5, 5.41) is 8.89. The van der Waals surface area contributed by atoms with Crippen molar-refractivity contribution >= 4 is 30.8 Å². The van der Waals surface area contributed by atoms with Crippen molar-refractivity contribution in [1.82, 2.24) is 4.98 Å². The Morgan fingerprint density at radius 1 is 1.53 bits per heavy atom. The van der Waals surface area contributed by atoms with Gasteiger partial charge in [-0.3, -0.25) is 0 Å². The van der Waals surface area contributed by atoms with E-state index in [4.69, 9.17) is 16.7 Å². The lowest BCUT2D eigenvalue weighted by Crippen LogP contribution is -2.41. The maximum absolute atomic E-state index is 13.4. The van der Waals surface area contributed by atoms with E-state index in [1.54, 1.807) is 0 Å². The van der Waals surface area contributed by atoms with E-state index in [0.29, 0.717) is 5.19 Å². The molecule has 0 spiro atoms. The molecule has 0 aliphatic carbocycles. The number of carbonyl (C=O) groups is 1. The molecule has 1 N–H and O–H groups in total. The van der Waals surface area contributed by atoms with Crippen molar-refractivity contribution in [2.24, 2.45) is 0 Å². The summed E-state index contributed by atoms with van der Waals surface area (Å²) < 4.78 is 13.4. The summed E-state index contributed by atoms with van der Waals surface area (Å²) in [6, 6.07) is 1.29. The highest BCUT2D eigenvalue weighted by atomic mass is 35.5. The summed E-state index contributed by atoms with van der Waals surface area (Å²) in [7, 11) is -1.94. The Kier molecular flexibility index (Phi) is 3.15. The molecule has 0 aliphatic rings. The van der Waals surface area contributed by atoms with Crippen LogP contribution in [0.5, 0.6) is 0 Å². The average molecular weight is 248 g/mol. The summed E-state index contributed by atoms with van der Waals surface area (Å²) in [5.74, 6) is -1.85. The van der Waals surface area contributed by atoms with Gasteiger partial charge >= 0.3 is 5.97 Å². The Hall–Kier alpha value is -0.943. The average Bonchev–Trinajstić information content (AvgIpc) is 2.00. The Morgan fingerprint density at radius 3 is 2.47 bits per heavy atom. The van der Waals surface area contributed by atoms with E-state index in [0.717, 1.165) is 0 Å². The molecule has 15 heavy (non-hydrogen) atoms. The second kappa shape index (κ2) is 3.90. The standard InChI is InChI=1S/C9H11ClFNO2Si/c1-15(2,3)6-4-5(9(13)14)7(10)12-8(6)11/h4H,1-3H3,(H,13,14). The Morgan fingerprint density at radius 2 is 2.07 bits per heavy atom. The van der Waals surface area contributed by atoms with Crippen LogP contribution < -0.4 is 5.19 Å². The van der Waals surface area contributed by atoms with Gasteiger partial charge < -0.3 is 5.11 Å². The molecule has 0 fully saturated rings. The van der Waals surface area contributed by atoms with Crippen molar-refractivity contribution in [1.29, 1.82) is 0 Å². The zero-order valence-corrected chi connectivity index (χ0v) is 10.4. The first-order chi connectivity index (χ1) is 6.73. The molecule has 0 bridgehead atoms. The molecule has 0 saturated heterocycles. The summed E-state index contributed by atoms with van der Waals surface area (Å²) in [6.07, 6.45) is 0. The second-order valence-corrected chi connectivity index (χ2v) is 9.62. The molecule has 82 valence electrons. The van der Waals surface area contributed by atoms with Crippen molar-refractivity contribution in [3.8, 4) is 0 Å². The van der Waals surface area contributed by atoms with Crippen LogP contribution in [-0.2, 0) is 0 Å². The third-order valence-electron chi connectivity index (χ3n) is 1.97. The maximum Gasteiger partial charge on any atom is 0.338 e. The first-order valence-corrected chi connectivity index (χ1v) is 8.21. The topological polar surface area (TPSA) is 50.2 Å². The molecule has 1 aromatic heterocycles. The monoisotopic (exact) mass is 247 g/mol. The van der Waals surface area contributed by atoms with E-state index in [-0.39, 0.29) is 10.7 Å². The SMILES string of the molecule is C[Si](C)(C)c1cc(C(=O)O)c(Cl)nc1F. The largest absolute Gasteiger partial charge is 0.478 e. The number of aromatic nitrogens is 1. The summed E-state index contributed by atoms with van der Waals surface area (Å²) in [6.45, 7) is 5.73. The van der Waals surface area contributed by atoms with Gasteiger partial charge in [-0.2, -0.15) is 4.39 Å². The Balaban J connectivity index is 3.43. The predicted octanol–water partition coefficient (Wildman–Crippen LogP) is 2.12. The van der Waals surface area contributed by atoms with Crippen molar-refractivity contribution in [2.75, 3.05) is 0 Å². The molecule has 6 heteroatoms. The van der Waals surface area contributed by atoms with Crippen molar-refractivity contribution < 1.29 is 14.3 Å². The molecule has 3 nitrogen and oxygen atoms in total. The van der Waals surface area contributed by atoms with Crippen molar-refractivity contribution in [3.05, 3.63) is 22.7 Å². The molecular formula is C9H11ClFNO2Si. The number of nitrogens with zero attached hydrogens (tertiary/aromatic N) is 1. The summed E-state index contributed by atoms with van der Waals surface area (Å²) in [5.41, 5.74) is -0.143. The van der Waals surface area contributed by atoms with Crippen LogP contribution in [-0.4, -0.2) is 24.1 Å². The zero-order valence-electron chi connectivity index (χ0n) is 8.64. The first-order valence-electron chi connectivity index (χ1n) is 4.33. The van der Waals surface area contributed by atoms with E-state index < -0.39 is 20.0 Å². The van der Waals surface area contributed by atoms with Gasteiger partial charge in [0.05, 0.1) is 13.6 Å². The predicted molar refractivity (Wildman–Crippen MR) is 59.1 cm³/mol. The van der Waals surface area contributed by atoms with Crippen LogP contribution in [0.3, 0.4) is 0 Å². The summed E-state index contributed by atoms with van der Waals surface area (Å²) in [4.78, 5) is 14.2. The third-order valence-corrected chi connectivity index (χ3v) is 4.22. The number of aromatic carboxylic acids is 1. The van der Waals surface area contributed by atoms with Gasteiger partial charge in [0.2, 0.25) is 5.95 Å². The van der Waals surface area contributed by atoms with Gasteiger partial charge in [-0.15, -0.1) is 0 Å². The number of rotatable bonds is 2. The highest BCUT2D eigenvalue weighted by Crippen LogP contribution is 2.15. The molecule has 0 amide bonds. The first kappa shape index (κ1) is 12.1. The number of carboxylic acids is 1. The zero-order chi connectivity index (χ0) is 11.8. The number of hydrogen-bond acceptors (Lipinski definition) is 2. The molecule has 0 aromatic carbocycles. The van der Waals surface area contributed by atoms with E-state index >= 15 is 0 Å². The lowest BCUT2D eigenvalue weighted by Gasteiger charge is -2.17. The third kappa shape index (κ3) is 2.54. The summed E-state index contributed by atoms with van der Waals surface area (Å²) >= 11 is 5.53. The van der Waals surface area contributed by atoms with E-state index in [1.807, 2.05) is 19.6 Å². The number of halogens is 2. The Bertz CT molecular complexity index is 417. The van der Waals surface area contributed by atoms with Crippen molar-refractivity contribution in [2.45, 2.75) is 19.6 Å². The smallest absolute Gasteiger partial charge is 0.338 e. The molecule has 0 aliphatic heterocycles. The molecule has 0 radical (unpaired) electrons. The molecule has 0 saturated carbocycles. The molecule has 0 atom stereocenters. The molecule has 1 aromatic rings. The van der Waals surface area contributed by atoms with Crippen LogP contribution in [0.2, 0.25) is 24.8 Å². The molecule has 1 rings (SSSR count). The molecule has 1 heterocycles. The highest BCUT2D eigenvalue weighted by Gasteiger charge is 2.25. The minimum atomic E-state index is -1.94. The lowest BCUT2D eigenvalue weighted by molar-refractivity contribution is 0.0696. The van der Waals surface area contributed by atoms with E-state index in [2.05, 4.69) is 4.98 Å². The van der Waals surface area contributed by atoms with Crippen molar-refractivity contribution in [3.63, 3.8) is 0 Å². The minimum absolute atomic E-state index is 0.143. The van der Waals surface area contributed by atoms with E-state index in [9.17, 15) is 9.18 Å². The number of hydrogen-bond donors (Lipinski definition) is 1. The lowest BCUT2D eigenvalue weighted by atomic mass is 10.3. The molecule has 0 unspecified atom stereocenters. The van der Waals surface area contributed by atoms with E-state index in [1.165, 1.54) is 6.07 Å². The van der Waals surface area contributed by atoms with Gasteiger partial charge in [0.15, 0.2) is 0 Å². The normalized spacial score (nSPS) is 11.5. The Labute approximate surface area is 92.9 Å². The number of carboxylic acid groups (broad SMARTS) is 1. The highest BCUT2D eigenvalue weighted by molar-refractivity contribution is 6.88. The van der Waals surface area contributed by atoms with Gasteiger partial charge in [0.25, 0.3) is 0 Å². The van der Waals surface area contributed by atoms with Crippen LogP contribution in [0.4, 0.5) is 4.39 Å². The fraction of sp³-hybridized carbons (Fsp3) is 0.333. The van der Waals surface area contributed by atoms with Gasteiger partial charge in [-0.25, -0.2) is 9.78 Å². The fourth-order valence-electron chi connectivity index (χ4n) is 1.15. The molecular weight excluding hydrogens is 237 g/mol. The van der Waals surface area contributed by atoms with Gasteiger partial charge in [0.1, 0.15) is 5.15 Å². The van der Waals surface area contributed by atoms with Gasteiger partial charge in [0, 0.05) is 0 Å². The fourth-order valence-corrected chi connectivity index (χ4v) is 2.61. The van der Waals surface area contributed by atoms with Gasteiger partial charge in [-0.05, 0) is 11.3 Å². The van der Waals surface area contributed by atoms with Crippen LogP contribution >= 0.6 is 11.6 Å². The number of pyridine rings is 1. The van der Waals surface area contributed by atoms with Gasteiger partial charge in [-0.1, -0.05) is 31.2 Å². The van der Waals surface area contributed by atoms with Crippen LogP contribution in [0.1, 0.15) is 10.4 Å².